The lowest BCUT2D eigenvalue weighted by Gasteiger charge is -2.69. The maximum atomic E-state index is 12.0. The van der Waals surface area contributed by atoms with Crippen LogP contribution in [0.15, 0.2) is 11.6 Å². The molecule has 39 heavy (non-hydrogen) atoms. The van der Waals surface area contributed by atoms with Gasteiger partial charge in [-0.2, -0.15) is 0 Å². The van der Waals surface area contributed by atoms with Crippen LogP contribution in [0.25, 0.3) is 0 Å². The van der Waals surface area contributed by atoms with Gasteiger partial charge in [0.1, 0.15) is 11.7 Å². The fraction of sp³-hybridized carbons (Fsp3) is 0.914. The number of allylic oxidation sites excluding steroid dienone is 1. The highest BCUT2D eigenvalue weighted by Gasteiger charge is 2.73. The molecule has 4 saturated carbocycles. The Hall–Kier alpha value is -0.870. The number of carbonyl (C=O) groups is 1. The van der Waals surface area contributed by atoms with Gasteiger partial charge in [-0.3, -0.25) is 4.79 Å². The van der Waals surface area contributed by atoms with Gasteiger partial charge in [0.05, 0.1) is 6.61 Å². The molecule has 0 aromatic heterocycles. The number of carbonyl (C=O) groups excluding carboxylic acids is 1. The zero-order chi connectivity index (χ0) is 28.2. The molecule has 6 aliphatic rings. The number of fused-ring (bicyclic) bond motifs is 8. The summed E-state index contributed by atoms with van der Waals surface area (Å²) in [5.74, 6) is 2.33. The summed E-state index contributed by atoms with van der Waals surface area (Å²) < 4.78 is 12.6. The van der Waals surface area contributed by atoms with Crippen molar-refractivity contribution in [1.82, 2.24) is 5.32 Å². The highest BCUT2D eigenvalue weighted by atomic mass is 16.6. The number of nitrogens with one attached hydrogen (secondary N) is 1. The Morgan fingerprint density at radius 3 is 2.33 bits per heavy atom. The predicted molar refractivity (Wildman–Crippen MR) is 161 cm³/mol. The maximum absolute atomic E-state index is 12.0. The van der Waals surface area contributed by atoms with Crippen LogP contribution in [0, 0.1) is 50.7 Å². The first kappa shape index (κ1) is 28.3. The van der Waals surface area contributed by atoms with Crippen molar-refractivity contribution in [3.05, 3.63) is 11.6 Å². The second kappa shape index (κ2) is 8.82. The Morgan fingerprint density at radius 2 is 1.69 bits per heavy atom. The molecule has 0 amide bonds. The highest BCUT2D eigenvalue weighted by molar-refractivity contribution is 5.66. The van der Waals surface area contributed by atoms with E-state index in [0.717, 1.165) is 26.0 Å². The van der Waals surface area contributed by atoms with Gasteiger partial charge in [-0.05, 0) is 97.2 Å². The maximum Gasteiger partial charge on any atom is 0.302 e. The molecule has 4 heteroatoms. The van der Waals surface area contributed by atoms with Crippen LogP contribution >= 0.6 is 0 Å². The van der Waals surface area contributed by atoms with E-state index in [0.29, 0.717) is 40.5 Å². The molecule has 5 aliphatic carbocycles. The van der Waals surface area contributed by atoms with Gasteiger partial charge in [0.25, 0.3) is 0 Å². The molecule has 10 atom stereocenters. The van der Waals surface area contributed by atoms with E-state index in [1.54, 1.807) is 12.5 Å². The van der Waals surface area contributed by atoms with Crippen LogP contribution in [-0.2, 0) is 14.3 Å². The standard InChI is InChI=1S/C35H57NO3.2H2/c1-22(2)36-20-31(6)16-17-32(7)13-10-25-24(26(32)19-31)18-35(21-38-35)29-33(25,8)14-11-27-30(4,5)28(39-23(3)37)12-15-34(27,29)9;;/h18,22,25-29,36H,10-17,19-21H2,1-9H3;2*1H/t25?,26-,27?,28-,29?,31-,32-,33-,34-,35?;;/m0../s1. The minimum absolute atomic E-state index is 0. The molecule has 6 rings (SSSR count). The van der Waals surface area contributed by atoms with E-state index in [9.17, 15) is 4.79 Å². The van der Waals surface area contributed by atoms with Crippen molar-refractivity contribution < 1.29 is 17.1 Å². The van der Waals surface area contributed by atoms with Crippen LogP contribution in [0.1, 0.15) is 123 Å². The van der Waals surface area contributed by atoms with Gasteiger partial charge >= 0.3 is 5.97 Å². The quantitative estimate of drug-likeness (QED) is 0.221. The number of rotatable bonds is 4. The second-order valence-corrected chi connectivity index (χ2v) is 17.2. The number of epoxide rings is 1. The molecule has 0 aromatic rings. The summed E-state index contributed by atoms with van der Waals surface area (Å²) in [6, 6.07) is 0.544. The van der Waals surface area contributed by atoms with Crippen LogP contribution in [0.5, 0.6) is 0 Å². The Balaban J connectivity index is 0.00000194. The fourth-order valence-corrected chi connectivity index (χ4v) is 11.9. The van der Waals surface area contributed by atoms with Gasteiger partial charge in [0.15, 0.2) is 0 Å². The van der Waals surface area contributed by atoms with E-state index in [4.69, 9.17) is 9.47 Å². The van der Waals surface area contributed by atoms with Gasteiger partial charge in [-0.1, -0.05) is 67.0 Å². The molecule has 4 nitrogen and oxygen atoms in total. The normalized spacial score (nSPS) is 51.7. The fourth-order valence-electron chi connectivity index (χ4n) is 11.9. The third-order valence-corrected chi connectivity index (χ3v) is 13.8. The van der Waals surface area contributed by atoms with E-state index in [1.807, 2.05) is 0 Å². The van der Waals surface area contributed by atoms with E-state index >= 15 is 0 Å². The van der Waals surface area contributed by atoms with Crippen molar-refractivity contribution in [2.45, 2.75) is 138 Å². The lowest BCUT2D eigenvalue weighted by molar-refractivity contribution is -0.210. The van der Waals surface area contributed by atoms with Crippen LogP contribution in [0.4, 0.5) is 0 Å². The van der Waals surface area contributed by atoms with Gasteiger partial charge in [-0.25, -0.2) is 0 Å². The zero-order valence-electron chi connectivity index (χ0n) is 26.5. The summed E-state index contributed by atoms with van der Waals surface area (Å²) in [5.41, 5.74) is 2.99. The molecular weight excluding hydrogens is 482 g/mol. The number of hydrogen-bond donors (Lipinski definition) is 1. The summed E-state index contributed by atoms with van der Waals surface area (Å²) in [6.07, 6.45) is 14.2. The Bertz CT molecular complexity index is 1050. The first-order chi connectivity index (χ1) is 18.1. The van der Waals surface area contributed by atoms with E-state index in [-0.39, 0.29) is 36.8 Å². The molecule has 1 spiro atoms. The molecule has 0 bridgehead atoms. The first-order valence-electron chi connectivity index (χ1n) is 16.4. The molecular formula is C35H61NO3. The van der Waals surface area contributed by atoms with Crippen LogP contribution in [0.2, 0.25) is 0 Å². The largest absolute Gasteiger partial charge is 0.462 e. The lowest BCUT2D eigenvalue weighted by Crippen LogP contribution is -2.66. The summed E-state index contributed by atoms with van der Waals surface area (Å²) in [4.78, 5) is 12.0. The average molecular weight is 544 g/mol. The summed E-state index contributed by atoms with van der Waals surface area (Å²) in [5, 5.41) is 3.80. The van der Waals surface area contributed by atoms with Gasteiger partial charge < -0.3 is 14.8 Å². The van der Waals surface area contributed by atoms with Crippen LogP contribution in [0.3, 0.4) is 0 Å². The molecule has 1 heterocycles. The number of ether oxygens (including phenoxy) is 2. The van der Waals surface area contributed by atoms with Gasteiger partial charge in [-0.15, -0.1) is 0 Å². The zero-order valence-corrected chi connectivity index (χ0v) is 26.5. The summed E-state index contributed by atoms with van der Waals surface area (Å²) in [6.45, 7) is 23.4. The molecule has 0 aromatic carbocycles. The summed E-state index contributed by atoms with van der Waals surface area (Å²) in [7, 11) is 0. The molecule has 1 aliphatic heterocycles. The van der Waals surface area contributed by atoms with Crippen molar-refractivity contribution in [2.24, 2.45) is 50.7 Å². The average Bonchev–Trinajstić information content (AvgIpc) is 3.59. The van der Waals surface area contributed by atoms with Crippen molar-refractivity contribution in [3.8, 4) is 0 Å². The SMILES string of the molecule is CC(=O)O[C@H]1CC[C@@]2(C)C(CC[C@@]3(C)C4CC[C@@]5(C)CC[C@](C)(CNC(C)C)C[C@H]5C4=CC4(CO4)C32)C1(C)C.[HH].[HH]. The van der Waals surface area contributed by atoms with Gasteiger partial charge in [0, 0.05) is 33.7 Å². The van der Waals surface area contributed by atoms with Crippen molar-refractivity contribution in [3.63, 3.8) is 0 Å². The number of esters is 1. The van der Waals surface area contributed by atoms with E-state index < -0.39 is 0 Å². The first-order valence-corrected chi connectivity index (χ1v) is 16.4. The second-order valence-electron chi connectivity index (χ2n) is 17.2. The predicted octanol–water partition coefficient (Wildman–Crippen LogP) is 8.20. The third kappa shape index (κ3) is 4.15. The minimum Gasteiger partial charge on any atom is -0.462 e. The molecule has 0 radical (unpaired) electrons. The monoisotopic (exact) mass is 543 g/mol. The molecule has 1 N–H and O–H groups in total. The van der Waals surface area contributed by atoms with E-state index in [2.05, 4.69) is 66.8 Å². The molecule has 5 fully saturated rings. The highest BCUT2D eigenvalue weighted by Crippen LogP contribution is 2.75. The van der Waals surface area contributed by atoms with Crippen molar-refractivity contribution in [2.75, 3.05) is 13.2 Å². The van der Waals surface area contributed by atoms with Crippen molar-refractivity contribution in [1.29, 1.82) is 0 Å². The Kier molecular flexibility index (Phi) is 6.39. The van der Waals surface area contributed by atoms with Crippen molar-refractivity contribution >= 4 is 5.97 Å². The Morgan fingerprint density at radius 1 is 1.00 bits per heavy atom. The summed E-state index contributed by atoms with van der Waals surface area (Å²) >= 11 is 0. The van der Waals surface area contributed by atoms with E-state index in [1.165, 1.54) is 44.9 Å². The van der Waals surface area contributed by atoms with Gasteiger partial charge in [0.2, 0.25) is 0 Å². The van der Waals surface area contributed by atoms with Crippen LogP contribution in [-0.4, -0.2) is 36.9 Å². The lowest BCUT2D eigenvalue weighted by atomic mass is 9.35. The smallest absolute Gasteiger partial charge is 0.302 e. The van der Waals surface area contributed by atoms with Crippen LogP contribution < -0.4 is 5.32 Å². The molecule has 224 valence electrons. The number of hydrogen-bond acceptors (Lipinski definition) is 4. The third-order valence-electron chi connectivity index (χ3n) is 13.8. The minimum atomic E-state index is -0.127. The Labute approximate surface area is 241 Å². The topological polar surface area (TPSA) is 50.9 Å². The molecule has 1 saturated heterocycles. The molecule has 4 unspecified atom stereocenters.